The molecule has 0 N–H and O–H groups in total. The monoisotopic (exact) mass is 564 g/mol. The Bertz CT molecular complexity index is 1950. The first-order chi connectivity index (χ1) is 21.8. The van der Waals surface area contributed by atoms with E-state index in [9.17, 15) is 0 Å². The van der Waals surface area contributed by atoms with Crippen LogP contribution in [0.2, 0.25) is 0 Å². The zero-order valence-electron chi connectivity index (χ0n) is 25.2. The van der Waals surface area contributed by atoms with Gasteiger partial charge in [-0.05, 0) is 115 Å². The Morgan fingerprint density at radius 2 is 0.750 bits per heavy atom. The van der Waals surface area contributed by atoms with Crippen molar-refractivity contribution in [1.29, 1.82) is 0 Å². The summed E-state index contributed by atoms with van der Waals surface area (Å²) in [6.45, 7) is 0. The Morgan fingerprint density at radius 1 is 0.364 bits per heavy atom. The molecule has 0 aromatic heterocycles. The van der Waals surface area contributed by atoms with Gasteiger partial charge in [-0.1, -0.05) is 135 Å². The van der Waals surface area contributed by atoms with Gasteiger partial charge in [-0.3, -0.25) is 0 Å². The third-order valence-electron chi connectivity index (χ3n) is 11.9. The van der Waals surface area contributed by atoms with E-state index < -0.39 is 0 Å². The van der Waals surface area contributed by atoms with Crippen molar-refractivity contribution in [3.8, 4) is 44.5 Å². The fraction of sp³-hybridized carbons (Fsp3) is 0.227. The van der Waals surface area contributed by atoms with E-state index in [1.807, 2.05) is 0 Å². The van der Waals surface area contributed by atoms with E-state index in [1.165, 1.54) is 95.5 Å². The lowest BCUT2D eigenvalue weighted by Crippen LogP contribution is -2.29. The number of benzene rings is 6. The van der Waals surface area contributed by atoms with Crippen LogP contribution in [0.1, 0.15) is 73.6 Å². The van der Waals surface area contributed by atoms with E-state index in [0.29, 0.717) is 0 Å². The summed E-state index contributed by atoms with van der Waals surface area (Å²) in [7, 11) is 0. The number of rotatable bonds is 2. The SMILES string of the molecule is c1ccc(-c2ccc3c(c2)C2(CCCC2)c2c4c(c5ccccc5c2-3)-c2ccc(-c3ccccc3)cc2C42CCCC2)cc1. The van der Waals surface area contributed by atoms with Crippen molar-refractivity contribution in [3.05, 3.63) is 144 Å². The molecular weight excluding hydrogens is 528 g/mol. The molecule has 44 heavy (non-hydrogen) atoms. The van der Waals surface area contributed by atoms with Crippen molar-refractivity contribution in [2.45, 2.75) is 62.2 Å². The molecule has 0 nitrogen and oxygen atoms in total. The fourth-order valence-electron chi connectivity index (χ4n) is 10.2. The average molecular weight is 565 g/mol. The Labute approximate surface area is 260 Å². The lowest BCUT2D eigenvalue weighted by atomic mass is 9.67. The number of fused-ring (bicyclic) bond motifs is 14. The van der Waals surface area contributed by atoms with Crippen LogP contribution in [0.25, 0.3) is 55.3 Å². The summed E-state index contributed by atoms with van der Waals surface area (Å²) in [5.74, 6) is 0. The van der Waals surface area contributed by atoms with Gasteiger partial charge in [0.1, 0.15) is 0 Å². The van der Waals surface area contributed by atoms with Gasteiger partial charge in [0.05, 0.1) is 0 Å². The van der Waals surface area contributed by atoms with Crippen LogP contribution in [0.3, 0.4) is 0 Å². The Kier molecular flexibility index (Phi) is 5.14. The Balaban J connectivity index is 1.31. The van der Waals surface area contributed by atoms with Crippen molar-refractivity contribution in [3.63, 3.8) is 0 Å². The summed E-state index contributed by atoms with van der Waals surface area (Å²) in [5.41, 5.74) is 18.3. The van der Waals surface area contributed by atoms with E-state index >= 15 is 0 Å². The van der Waals surface area contributed by atoms with Crippen molar-refractivity contribution < 1.29 is 0 Å². The first-order valence-electron chi connectivity index (χ1n) is 16.8. The maximum Gasteiger partial charge on any atom is 0.0218 e. The van der Waals surface area contributed by atoms with Gasteiger partial charge in [0.2, 0.25) is 0 Å². The summed E-state index contributed by atoms with van der Waals surface area (Å²) >= 11 is 0. The molecule has 2 saturated carbocycles. The van der Waals surface area contributed by atoms with Crippen LogP contribution in [0.4, 0.5) is 0 Å². The first-order valence-corrected chi connectivity index (χ1v) is 16.8. The highest BCUT2D eigenvalue weighted by Crippen LogP contribution is 2.68. The molecule has 2 fully saturated rings. The molecular formula is C44H36. The van der Waals surface area contributed by atoms with Crippen LogP contribution in [-0.4, -0.2) is 0 Å². The van der Waals surface area contributed by atoms with Crippen LogP contribution in [0, 0.1) is 0 Å². The smallest absolute Gasteiger partial charge is 0.0218 e. The van der Waals surface area contributed by atoms with Gasteiger partial charge in [0.25, 0.3) is 0 Å². The highest BCUT2D eigenvalue weighted by Gasteiger charge is 2.55. The minimum atomic E-state index is 0.101. The van der Waals surface area contributed by atoms with E-state index in [4.69, 9.17) is 0 Å². The number of hydrogen-bond donors (Lipinski definition) is 0. The summed E-state index contributed by atoms with van der Waals surface area (Å²) in [4.78, 5) is 0. The van der Waals surface area contributed by atoms with Gasteiger partial charge in [0.15, 0.2) is 0 Å². The molecule has 0 radical (unpaired) electrons. The van der Waals surface area contributed by atoms with Crippen LogP contribution in [-0.2, 0) is 10.8 Å². The maximum absolute atomic E-state index is 2.59. The van der Waals surface area contributed by atoms with E-state index in [1.54, 1.807) is 33.4 Å². The maximum atomic E-state index is 2.59. The molecule has 6 aromatic rings. The van der Waals surface area contributed by atoms with Crippen molar-refractivity contribution >= 4 is 10.8 Å². The lowest BCUT2D eigenvalue weighted by molar-refractivity contribution is 0.501. The van der Waals surface area contributed by atoms with Crippen molar-refractivity contribution in [2.75, 3.05) is 0 Å². The number of hydrogen-bond acceptors (Lipinski definition) is 0. The van der Waals surface area contributed by atoms with Crippen molar-refractivity contribution in [2.24, 2.45) is 0 Å². The highest BCUT2D eigenvalue weighted by atomic mass is 14.6. The molecule has 0 amide bonds. The zero-order valence-corrected chi connectivity index (χ0v) is 25.2. The second-order valence-electron chi connectivity index (χ2n) is 13.9. The molecule has 0 unspecified atom stereocenters. The van der Waals surface area contributed by atoms with Crippen LogP contribution >= 0.6 is 0 Å². The minimum absolute atomic E-state index is 0.101. The van der Waals surface area contributed by atoms with E-state index in [-0.39, 0.29) is 10.8 Å². The Hall–Kier alpha value is -4.42. The van der Waals surface area contributed by atoms with Gasteiger partial charge in [0, 0.05) is 10.8 Å². The van der Waals surface area contributed by atoms with E-state index in [0.717, 1.165) is 0 Å². The summed E-state index contributed by atoms with van der Waals surface area (Å²) in [5, 5.41) is 2.90. The molecule has 2 spiro atoms. The van der Waals surface area contributed by atoms with Crippen LogP contribution in [0.5, 0.6) is 0 Å². The second-order valence-corrected chi connectivity index (χ2v) is 13.9. The van der Waals surface area contributed by atoms with Crippen LogP contribution < -0.4 is 0 Å². The molecule has 0 atom stereocenters. The molecule has 0 heteroatoms. The molecule has 10 rings (SSSR count). The molecule has 4 aliphatic rings. The molecule has 0 aliphatic heterocycles. The van der Waals surface area contributed by atoms with Gasteiger partial charge in [-0.15, -0.1) is 0 Å². The molecule has 0 saturated heterocycles. The third kappa shape index (κ3) is 3.14. The lowest BCUT2D eigenvalue weighted by Gasteiger charge is -2.36. The predicted octanol–water partition coefficient (Wildman–Crippen LogP) is 11.9. The van der Waals surface area contributed by atoms with Gasteiger partial charge in [-0.25, -0.2) is 0 Å². The predicted molar refractivity (Wildman–Crippen MR) is 184 cm³/mol. The summed E-state index contributed by atoms with van der Waals surface area (Å²) in [6.07, 6.45) is 10.3. The quantitative estimate of drug-likeness (QED) is 0.196. The average Bonchev–Trinajstić information content (AvgIpc) is 3.89. The third-order valence-corrected chi connectivity index (χ3v) is 11.9. The molecule has 212 valence electrons. The van der Waals surface area contributed by atoms with E-state index in [2.05, 4.69) is 121 Å². The second kappa shape index (κ2) is 9.05. The topological polar surface area (TPSA) is 0 Å². The molecule has 6 aromatic carbocycles. The normalized spacial score (nSPS) is 18.1. The fourth-order valence-corrected chi connectivity index (χ4v) is 10.2. The summed E-state index contributed by atoms with van der Waals surface area (Å²) < 4.78 is 0. The first kappa shape index (κ1) is 25.0. The molecule has 0 bridgehead atoms. The van der Waals surface area contributed by atoms with Crippen LogP contribution in [0.15, 0.2) is 121 Å². The van der Waals surface area contributed by atoms with Gasteiger partial charge >= 0.3 is 0 Å². The minimum Gasteiger partial charge on any atom is -0.0622 e. The largest absolute Gasteiger partial charge is 0.0622 e. The molecule has 4 aliphatic carbocycles. The van der Waals surface area contributed by atoms with Gasteiger partial charge in [-0.2, -0.15) is 0 Å². The van der Waals surface area contributed by atoms with Crippen molar-refractivity contribution in [1.82, 2.24) is 0 Å². The standard InChI is InChI=1S/C44H36/c1-3-13-29(14-4-1)31-19-21-35-37(27-31)43(23-9-10-24-43)41-39(35)33-17-7-8-18-34(33)40-36-22-20-32(30-15-5-2-6-16-30)28-38(36)44(42(40)41)25-11-12-26-44/h1-8,13-22,27-28H,9-12,23-26H2. The summed E-state index contributed by atoms with van der Waals surface area (Å²) in [6, 6.07) is 46.4. The van der Waals surface area contributed by atoms with Gasteiger partial charge < -0.3 is 0 Å². The highest BCUT2D eigenvalue weighted by molar-refractivity contribution is 6.13. The Morgan fingerprint density at radius 3 is 1.16 bits per heavy atom. The molecule has 0 heterocycles. The zero-order chi connectivity index (χ0) is 28.9.